The average Bonchev–Trinajstić information content (AvgIpc) is 2.68. The molecule has 0 aliphatic heterocycles. The third kappa shape index (κ3) is 4.55. The second-order valence-corrected chi connectivity index (χ2v) is 5.38. The van der Waals surface area contributed by atoms with Gasteiger partial charge in [-0.3, -0.25) is 4.98 Å². The van der Waals surface area contributed by atoms with E-state index in [9.17, 15) is 4.79 Å². The van der Waals surface area contributed by atoms with E-state index in [4.69, 9.17) is 5.26 Å². The minimum Gasteiger partial charge on any atom is -0.366 e. The molecule has 0 aliphatic rings. The zero-order valence-electron chi connectivity index (χ0n) is 13.8. The van der Waals surface area contributed by atoms with Gasteiger partial charge in [0.15, 0.2) is 0 Å². The van der Waals surface area contributed by atoms with Gasteiger partial charge in [0.25, 0.3) is 0 Å². The molecule has 26 heavy (non-hydrogen) atoms. The van der Waals surface area contributed by atoms with E-state index >= 15 is 0 Å². The van der Waals surface area contributed by atoms with Crippen LogP contribution in [0, 0.1) is 11.3 Å². The van der Waals surface area contributed by atoms with Crippen LogP contribution in [0.1, 0.15) is 11.1 Å². The van der Waals surface area contributed by atoms with Crippen LogP contribution in [0.2, 0.25) is 0 Å². The first-order valence-corrected chi connectivity index (χ1v) is 7.90. The average molecular weight is 344 g/mol. The molecule has 2 heterocycles. The fourth-order valence-corrected chi connectivity index (χ4v) is 2.27. The number of nitrogens with zero attached hydrogens (tertiary/aromatic N) is 3. The number of para-hydroxylation sites is 1. The summed E-state index contributed by atoms with van der Waals surface area (Å²) in [7, 11) is 0. The zero-order chi connectivity index (χ0) is 18.2. The van der Waals surface area contributed by atoms with Crippen molar-refractivity contribution >= 4 is 23.2 Å². The van der Waals surface area contributed by atoms with Crippen LogP contribution in [0.5, 0.6) is 0 Å². The van der Waals surface area contributed by atoms with E-state index in [0.717, 1.165) is 5.56 Å². The van der Waals surface area contributed by atoms with E-state index in [1.807, 2.05) is 30.3 Å². The Morgan fingerprint density at radius 1 is 1.04 bits per heavy atom. The number of rotatable bonds is 5. The molecule has 128 valence electrons. The van der Waals surface area contributed by atoms with Crippen LogP contribution in [-0.4, -0.2) is 16.0 Å². The van der Waals surface area contributed by atoms with Crippen molar-refractivity contribution in [2.75, 3.05) is 16.0 Å². The number of carbonyl (C=O) groups excluding carboxylic acids is 1. The van der Waals surface area contributed by atoms with Gasteiger partial charge in [0.05, 0.1) is 17.4 Å². The maximum absolute atomic E-state index is 12.2. The number of hydrogen-bond acceptors (Lipinski definition) is 5. The van der Waals surface area contributed by atoms with E-state index in [-0.39, 0.29) is 6.03 Å². The van der Waals surface area contributed by atoms with Gasteiger partial charge in [0, 0.05) is 24.6 Å². The second kappa shape index (κ2) is 8.26. The summed E-state index contributed by atoms with van der Waals surface area (Å²) in [6.07, 6.45) is 4.72. The van der Waals surface area contributed by atoms with Crippen LogP contribution < -0.4 is 16.0 Å². The molecule has 0 saturated carbocycles. The standard InChI is InChI=1S/C19H16N6O/c20-10-14-7-8-18(22-11-14)23-12-15-4-1-2-6-17(15)25-19(26)24-16-5-3-9-21-13-16/h1-9,11,13H,12H2,(H,22,23)(H2,24,25,26). The summed E-state index contributed by atoms with van der Waals surface area (Å²) in [5, 5.41) is 17.5. The van der Waals surface area contributed by atoms with E-state index in [1.54, 1.807) is 36.7 Å². The molecule has 0 radical (unpaired) electrons. The van der Waals surface area contributed by atoms with Crippen molar-refractivity contribution in [1.82, 2.24) is 9.97 Å². The first-order chi connectivity index (χ1) is 12.7. The Morgan fingerprint density at radius 2 is 1.92 bits per heavy atom. The smallest absolute Gasteiger partial charge is 0.323 e. The van der Waals surface area contributed by atoms with Crippen molar-refractivity contribution < 1.29 is 4.79 Å². The molecule has 2 amide bonds. The van der Waals surface area contributed by atoms with Crippen molar-refractivity contribution in [3.05, 3.63) is 78.2 Å². The lowest BCUT2D eigenvalue weighted by molar-refractivity contribution is 0.262. The molecule has 3 aromatic rings. The van der Waals surface area contributed by atoms with Crippen molar-refractivity contribution in [2.45, 2.75) is 6.54 Å². The number of aromatic nitrogens is 2. The van der Waals surface area contributed by atoms with Gasteiger partial charge >= 0.3 is 6.03 Å². The Balaban J connectivity index is 1.63. The molecule has 2 aromatic heterocycles. The molecule has 0 atom stereocenters. The lowest BCUT2D eigenvalue weighted by Crippen LogP contribution is -2.20. The van der Waals surface area contributed by atoms with Crippen molar-refractivity contribution in [3.63, 3.8) is 0 Å². The highest BCUT2D eigenvalue weighted by Crippen LogP contribution is 2.17. The van der Waals surface area contributed by atoms with Crippen LogP contribution in [0.4, 0.5) is 22.0 Å². The van der Waals surface area contributed by atoms with Gasteiger partial charge < -0.3 is 16.0 Å². The molecule has 0 unspecified atom stereocenters. The highest BCUT2D eigenvalue weighted by atomic mass is 16.2. The van der Waals surface area contributed by atoms with E-state index in [1.165, 1.54) is 6.20 Å². The monoisotopic (exact) mass is 344 g/mol. The maximum Gasteiger partial charge on any atom is 0.323 e. The maximum atomic E-state index is 12.2. The van der Waals surface area contributed by atoms with Crippen LogP contribution in [-0.2, 0) is 6.54 Å². The van der Waals surface area contributed by atoms with E-state index in [2.05, 4.69) is 25.9 Å². The van der Waals surface area contributed by atoms with Gasteiger partial charge in [0.2, 0.25) is 0 Å². The van der Waals surface area contributed by atoms with Gasteiger partial charge in [-0.25, -0.2) is 9.78 Å². The third-order valence-corrected chi connectivity index (χ3v) is 3.54. The fourth-order valence-electron chi connectivity index (χ4n) is 2.27. The summed E-state index contributed by atoms with van der Waals surface area (Å²) in [5.74, 6) is 0.651. The molecule has 0 spiro atoms. The second-order valence-electron chi connectivity index (χ2n) is 5.38. The predicted octanol–water partition coefficient (Wildman–Crippen LogP) is 3.60. The van der Waals surface area contributed by atoms with Crippen LogP contribution >= 0.6 is 0 Å². The summed E-state index contributed by atoms with van der Waals surface area (Å²) in [6.45, 7) is 0.474. The zero-order valence-corrected chi connectivity index (χ0v) is 13.8. The predicted molar refractivity (Wildman–Crippen MR) is 99.6 cm³/mol. The Kier molecular flexibility index (Phi) is 5.38. The van der Waals surface area contributed by atoms with Gasteiger partial charge in [-0.05, 0) is 35.9 Å². The lowest BCUT2D eigenvalue weighted by Gasteiger charge is -2.13. The SMILES string of the molecule is N#Cc1ccc(NCc2ccccc2NC(=O)Nc2cccnc2)nc1. The quantitative estimate of drug-likeness (QED) is 0.656. The van der Waals surface area contributed by atoms with E-state index < -0.39 is 0 Å². The van der Waals surface area contributed by atoms with Gasteiger partial charge in [-0.2, -0.15) is 5.26 Å². The van der Waals surface area contributed by atoms with Crippen LogP contribution in [0.3, 0.4) is 0 Å². The largest absolute Gasteiger partial charge is 0.366 e. The molecule has 7 nitrogen and oxygen atoms in total. The number of pyridine rings is 2. The minimum absolute atomic E-state index is 0.345. The lowest BCUT2D eigenvalue weighted by atomic mass is 10.1. The molecular weight excluding hydrogens is 328 g/mol. The fraction of sp³-hybridized carbons (Fsp3) is 0.0526. The number of carbonyl (C=O) groups is 1. The van der Waals surface area contributed by atoms with Gasteiger partial charge in [-0.1, -0.05) is 18.2 Å². The van der Waals surface area contributed by atoms with Gasteiger partial charge in [-0.15, -0.1) is 0 Å². The Bertz CT molecular complexity index is 919. The molecule has 3 rings (SSSR count). The molecule has 1 aromatic carbocycles. The highest BCUT2D eigenvalue weighted by Gasteiger charge is 2.07. The van der Waals surface area contributed by atoms with Gasteiger partial charge in [0.1, 0.15) is 11.9 Å². The summed E-state index contributed by atoms with van der Waals surface area (Å²) in [6, 6.07) is 16.1. The number of benzene rings is 1. The molecule has 0 saturated heterocycles. The summed E-state index contributed by atoms with van der Waals surface area (Å²) >= 11 is 0. The Labute approximate surface area is 150 Å². The van der Waals surface area contributed by atoms with Crippen LogP contribution in [0.25, 0.3) is 0 Å². The summed E-state index contributed by atoms with van der Waals surface area (Å²) in [4.78, 5) is 20.3. The normalized spacial score (nSPS) is 9.81. The first-order valence-electron chi connectivity index (χ1n) is 7.90. The Morgan fingerprint density at radius 3 is 2.65 bits per heavy atom. The molecule has 3 N–H and O–H groups in total. The molecule has 0 bridgehead atoms. The van der Waals surface area contributed by atoms with Crippen molar-refractivity contribution in [3.8, 4) is 6.07 Å². The topological polar surface area (TPSA) is 103 Å². The molecule has 7 heteroatoms. The number of nitriles is 1. The third-order valence-electron chi connectivity index (χ3n) is 3.54. The molecule has 0 fully saturated rings. The van der Waals surface area contributed by atoms with Crippen molar-refractivity contribution in [1.29, 1.82) is 5.26 Å². The number of anilines is 3. The van der Waals surface area contributed by atoms with E-state index in [0.29, 0.717) is 29.3 Å². The number of nitrogens with one attached hydrogen (secondary N) is 3. The highest BCUT2D eigenvalue weighted by molar-refractivity contribution is 6.00. The Hall–Kier alpha value is -3.92. The molecule has 0 aliphatic carbocycles. The van der Waals surface area contributed by atoms with Crippen LogP contribution in [0.15, 0.2) is 67.1 Å². The number of hydrogen-bond donors (Lipinski definition) is 3. The number of amides is 2. The first kappa shape index (κ1) is 16.9. The summed E-state index contributed by atoms with van der Waals surface area (Å²) < 4.78 is 0. The molecular formula is C19H16N6O. The number of urea groups is 1. The summed E-state index contributed by atoms with van der Waals surface area (Å²) in [5.41, 5.74) is 2.71. The minimum atomic E-state index is -0.345. The van der Waals surface area contributed by atoms with Crippen molar-refractivity contribution in [2.24, 2.45) is 0 Å².